The third-order valence-electron chi connectivity index (χ3n) is 1.85. The SMILES string of the molecule is C[C@@H](OCC(=O)Nc1sccc1C#N)C(=O)O. The molecule has 1 heterocycles. The first-order chi connectivity index (χ1) is 8.04. The summed E-state index contributed by atoms with van der Waals surface area (Å²) in [5, 5.41) is 21.8. The van der Waals surface area contributed by atoms with Gasteiger partial charge in [-0.1, -0.05) is 0 Å². The maximum Gasteiger partial charge on any atom is 0.332 e. The Balaban J connectivity index is 2.46. The van der Waals surface area contributed by atoms with Crippen molar-refractivity contribution in [2.24, 2.45) is 0 Å². The zero-order valence-corrected chi connectivity index (χ0v) is 9.78. The average molecular weight is 254 g/mol. The van der Waals surface area contributed by atoms with E-state index in [0.717, 1.165) is 0 Å². The summed E-state index contributed by atoms with van der Waals surface area (Å²) in [5.74, 6) is -1.62. The molecule has 0 radical (unpaired) electrons. The van der Waals surface area contributed by atoms with Crippen LogP contribution < -0.4 is 5.32 Å². The van der Waals surface area contributed by atoms with Crippen LogP contribution in [0.4, 0.5) is 5.00 Å². The Morgan fingerprint density at radius 2 is 2.41 bits per heavy atom. The van der Waals surface area contributed by atoms with Gasteiger partial charge in [-0.3, -0.25) is 4.79 Å². The van der Waals surface area contributed by atoms with Crippen LogP contribution in [-0.4, -0.2) is 29.7 Å². The van der Waals surface area contributed by atoms with Gasteiger partial charge in [0.1, 0.15) is 17.7 Å². The highest BCUT2D eigenvalue weighted by molar-refractivity contribution is 7.14. The lowest BCUT2D eigenvalue weighted by molar-refractivity contribution is -0.150. The average Bonchev–Trinajstić information content (AvgIpc) is 2.72. The molecule has 6 nitrogen and oxygen atoms in total. The van der Waals surface area contributed by atoms with Gasteiger partial charge in [-0.2, -0.15) is 5.26 Å². The first-order valence-corrected chi connectivity index (χ1v) is 5.54. The molecule has 1 atom stereocenters. The van der Waals surface area contributed by atoms with Gasteiger partial charge in [0, 0.05) is 0 Å². The molecule has 90 valence electrons. The molecule has 0 aliphatic rings. The number of hydrogen-bond donors (Lipinski definition) is 2. The highest BCUT2D eigenvalue weighted by Gasteiger charge is 2.14. The number of carboxylic acids is 1. The van der Waals surface area contributed by atoms with Gasteiger partial charge >= 0.3 is 5.97 Å². The van der Waals surface area contributed by atoms with E-state index in [-0.39, 0.29) is 6.61 Å². The van der Waals surface area contributed by atoms with Crippen LogP contribution in [0.1, 0.15) is 12.5 Å². The Morgan fingerprint density at radius 3 is 3.00 bits per heavy atom. The Morgan fingerprint density at radius 1 is 1.71 bits per heavy atom. The van der Waals surface area contributed by atoms with Gasteiger partial charge in [0.2, 0.25) is 0 Å². The summed E-state index contributed by atoms with van der Waals surface area (Å²) in [5.41, 5.74) is 0.370. The summed E-state index contributed by atoms with van der Waals surface area (Å²) in [6, 6.07) is 3.51. The summed E-state index contributed by atoms with van der Waals surface area (Å²) in [6.07, 6.45) is -1.04. The first-order valence-electron chi connectivity index (χ1n) is 4.66. The minimum Gasteiger partial charge on any atom is -0.479 e. The van der Waals surface area contributed by atoms with E-state index in [2.05, 4.69) is 5.32 Å². The second-order valence-electron chi connectivity index (χ2n) is 3.11. The number of rotatable bonds is 5. The van der Waals surface area contributed by atoms with Crippen LogP contribution in [0.15, 0.2) is 11.4 Å². The summed E-state index contributed by atoms with van der Waals surface area (Å²) in [4.78, 5) is 21.8. The number of nitriles is 1. The third kappa shape index (κ3) is 3.86. The van der Waals surface area contributed by atoms with Crippen LogP contribution in [0, 0.1) is 11.3 Å². The minimum atomic E-state index is -1.13. The van der Waals surface area contributed by atoms with Gasteiger partial charge < -0.3 is 15.2 Å². The largest absolute Gasteiger partial charge is 0.479 e. The molecule has 0 spiro atoms. The van der Waals surface area contributed by atoms with Crippen LogP contribution in [0.3, 0.4) is 0 Å². The van der Waals surface area contributed by atoms with E-state index >= 15 is 0 Å². The summed E-state index contributed by atoms with van der Waals surface area (Å²) >= 11 is 1.22. The monoisotopic (exact) mass is 254 g/mol. The van der Waals surface area contributed by atoms with Crippen molar-refractivity contribution in [1.82, 2.24) is 0 Å². The highest BCUT2D eigenvalue weighted by Crippen LogP contribution is 2.21. The lowest BCUT2D eigenvalue weighted by Gasteiger charge is -2.08. The van der Waals surface area contributed by atoms with E-state index < -0.39 is 18.0 Å². The number of nitrogens with zero attached hydrogens (tertiary/aromatic N) is 1. The zero-order valence-electron chi connectivity index (χ0n) is 8.97. The molecule has 0 unspecified atom stereocenters. The summed E-state index contributed by atoms with van der Waals surface area (Å²) < 4.78 is 4.80. The Bertz CT molecular complexity index is 463. The predicted octanol–water partition coefficient (Wildman–Crippen LogP) is 1.05. The normalized spacial score (nSPS) is 11.5. The molecule has 2 N–H and O–H groups in total. The Kier molecular flexibility index (Phi) is 4.63. The molecule has 0 saturated carbocycles. The van der Waals surface area contributed by atoms with Gasteiger partial charge in [0.05, 0.1) is 5.56 Å². The quantitative estimate of drug-likeness (QED) is 0.818. The fraction of sp³-hybridized carbons (Fsp3) is 0.300. The molecule has 17 heavy (non-hydrogen) atoms. The third-order valence-corrected chi connectivity index (χ3v) is 2.68. The smallest absolute Gasteiger partial charge is 0.332 e. The number of carboxylic acid groups (broad SMARTS) is 1. The fourth-order valence-electron chi connectivity index (χ4n) is 0.929. The van der Waals surface area contributed by atoms with E-state index in [1.807, 2.05) is 6.07 Å². The number of hydrogen-bond acceptors (Lipinski definition) is 5. The van der Waals surface area contributed by atoms with Gasteiger partial charge in [-0.25, -0.2) is 4.79 Å². The fourth-order valence-corrected chi connectivity index (χ4v) is 1.68. The first kappa shape index (κ1) is 13.2. The molecule has 1 amide bonds. The van der Waals surface area contributed by atoms with E-state index in [1.54, 1.807) is 11.4 Å². The summed E-state index contributed by atoms with van der Waals surface area (Å²) in [7, 11) is 0. The van der Waals surface area contributed by atoms with E-state index in [1.165, 1.54) is 18.3 Å². The number of anilines is 1. The number of carbonyl (C=O) groups is 2. The highest BCUT2D eigenvalue weighted by atomic mass is 32.1. The van der Waals surface area contributed by atoms with Crippen molar-refractivity contribution in [2.45, 2.75) is 13.0 Å². The van der Waals surface area contributed by atoms with Gasteiger partial charge in [-0.05, 0) is 18.4 Å². The number of aliphatic carboxylic acids is 1. The molecule has 1 aromatic rings. The molecule has 0 aliphatic heterocycles. The maximum atomic E-state index is 11.4. The van der Waals surface area contributed by atoms with Crippen LogP contribution in [0.5, 0.6) is 0 Å². The lowest BCUT2D eigenvalue weighted by atomic mass is 10.3. The maximum absolute atomic E-state index is 11.4. The zero-order chi connectivity index (χ0) is 12.8. The van der Waals surface area contributed by atoms with Crippen molar-refractivity contribution in [2.75, 3.05) is 11.9 Å². The minimum absolute atomic E-state index is 0.365. The molecule has 1 aromatic heterocycles. The van der Waals surface area contributed by atoms with Crippen molar-refractivity contribution < 1.29 is 19.4 Å². The topological polar surface area (TPSA) is 99.4 Å². The number of carbonyl (C=O) groups excluding carboxylic acids is 1. The standard InChI is InChI=1S/C10H10N2O4S/c1-6(10(14)15)16-5-8(13)12-9-7(4-11)2-3-17-9/h2-3,6H,5H2,1H3,(H,12,13)(H,14,15)/t6-/m1/s1. The molecular formula is C10H10N2O4S. The summed E-state index contributed by atoms with van der Waals surface area (Å²) in [6.45, 7) is 0.970. The van der Waals surface area contributed by atoms with Crippen molar-refractivity contribution in [3.8, 4) is 6.07 Å². The van der Waals surface area contributed by atoms with E-state index in [0.29, 0.717) is 10.6 Å². The van der Waals surface area contributed by atoms with Gasteiger partial charge in [-0.15, -0.1) is 11.3 Å². The molecule has 0 aromatic carbocycles. The molecule has 0 aliphatic carbocycles. The van der Waals surface area contributed by atoms with E-state index in [4.69, 9.17) is 15.1 Å². The van der Waals surface area contributed by atoms with E-state index in [9.17, 15) is 9.59 Å². The number of ether oxygens (including phenoxy) is 1. The molecule has 0 bridgehead atoms. The van der Waals surface area contributed by atoms with Crippen LogP contribution >= 0.6 is 11.3 Å². The van der Waals surface area contributed by atoms with Crippen molar-refractivity contribution in [3.05, 3.63) is 17.0 Å². The van der Waals surface area contributed by atoms with Crippen LogP contribution in [0.2, 0.25) is 0 Å². The van der Waals surface area contributed by atoms with Gasteiger partial charge in [0.25, 0.3) is 5.91 Å². The Labute approximate surface area is 101 Å². The van der Waals surface area contributed by atoms with Crippen molar-refractivity contribution in [1.29, 1.82) is 5.26 Å². The molecule has 0 saturated heterocycles. The predicted molar refractivity (Wildman–Crippen MR) is 60.7 cm³/mol. The Hall–Kier alpha value is -1.91. The lowest BCUT2D eigenvalue weighted by Crippen LogP contribution is -2.26. The van der Waals surface area contributed by atoms with Gasteiger partial charge in [0.15, 0.2) is 6.10 Å². The van der Waals surface area contributed by atoms with Crippen LogP contribution in [-0.2, 0) is 14.3 Å². The van der Waals surface area contributed by atoms with Crippen LogP contribution in [0.25, 0.3) is 0 Å². The molecule has 0 fully saturated rings. The molecule has 7 heteroatoms. The number of amides is 1. The molecular weight excluding hydrogens is 244 g/mol. The second kappa shape index (κ2) is 5.98. The number of thiophene rings is 1. The second-order valence-corrected chi connectivity index (χ2v) is 4.03. The number of nitrogens with one attached hydrogen (secondary N) is 1. The molecule has 1 rings (SSSR count). The van der Waals surface area contributed by atoms with Crippen molar-refractivity contribution in [3.63, 3.8) is 0 Å². The van der Waals surface area contributed by atoms with Crippen molar-refractivity contribution >= 4 is 28.2 Å².